The molecular formula is C12H16N4OS. The fourth-order valence-electron chi connectivity index (χ4n) is 1.74. The standard InChI is InChI=1S/C12H16N4OS/c1-17-9-8-16-11(14-15-12(16)18)6-5-10-4-2-3-7-13-10/h2-4,7H,5-6,8-9H2,1H3,(H,15,18). The number of rotatable bonds is 6. The minimum atomic E-state index is 0.629. The molecule has 96 valence electrons. The monoisotopic (exact) mass is 264 g/mol. The molecule has 0 spiro atoms. The van der Waals surface area contributed by atoms with E-state index in [9.17, 15) is 0 Å². The summed E-state index contributed by atoms with van der Waals surface area (Å²) in [4.78, 5) is 4.29. The third-order valence-corrected chi connectivity index (χ3v) is 3.00. The maximum absolute atomic E-state index is 5.19. The molecule has 0 radical (unpaired) electrons. The maximum atomic E-state index is 5.19. The van der Waals surface area contributed by atoms with Gasteiger partial charge in [0.1, 0.15) is 5.82 Å². The first kappa shape index (κ1) is 12.9. The van der Waals surface area contributed by atoms with Crippen molar-refractivity contribution in [3.05, 3.63) is 40.7 Å². The number of aromatic nitrogens is 4. The molecule has 0 fully saturated rings. The molecule has 0 aliphatic heterocycles. The van der Waals surface area contributed by atoms with Crippen LogP contribution in [-0.4, -0.2) is 33.5 Å². The van der Waals surface area contributed by atoms with Crippen LogP contribution in [0, 0.1) is 4.77 Å². The summed E-state index contributed by atoms with van der Waals surface area (Å²) >= 11 is 5.19. The molecule has 0 bridgehead atoms. The van der Waals surface area contributed by atoms with Crippen molar-refractivity contribution in [2.75, 3.05) is 13.7 Å². The minimum absolute atomic E-state index is 0.629. The summed E-state index contributed by atoms with van der Waals surface area (Å²) in [6.07, 6.45) is 3.47. The molecule has 18 heavy (non-hydrogen) atoms. The number of aromatic amines is 1. The molecule has 0 amide bonds. The summed E-state index contributed by atoms with van der Waals surface area (Å²) in [5, 5.41) is 7.07. The highest BCUT2D eigenvalue weighted by Gasteiger charge is 2.06. The second-order valence-corrected chi connectivity index (χ2v) is 4.30. The zero-order chi connectivity index (χ0) is 12.8. The number of ether oxygens (including phenoxy) is 1. The van der Waals surface area contributed by atoms with Gasteiger partial charge in [0.05, 0.1) is 6.61 Å². The first-order valence-electron chi connectivity index (χ1n) is 5.84. The van der Waals surface area contributed by atoms with Crippen molar-refractivity contribution in [2.24, 2.45) is 0 Å². The first-order valence-corrected chi connectivity index (χ1v) is 6.25. The second kappa shape index (κ2) is 6.42. The number of hydrogen-bond acceptors (Lipinski definition) is 4. The molecule has 2 heterocycles. The number of H-pyrrole nitrogens is 1. The van der Waals surface area contributed by atoms with E-state index in [-0.39, 0.29) is 0 Å². The SMILES string of the molecule is COCCn1c(CCc2ccccn2)n[nH]c1=S. The van der Waals surface area contributed by atoms with Crippen molar-refractivity contribution >= 4 is 12.2 Å². The van der Waals surface area contributed by atoms with Crippen molar-refractivity contribution in [2.45, 2.75) is 19.4 Å². The highest BCUT2D eigenvalue weighted by molar-refractivity contribution is 7.71. The Morgan fingerprint density at radius 2 is 2.28 bits per heavy atom. The van der Waals surface area contributed by atoms with Gasteiger partial charge >= 0.3 is 0 Å². The molecule has 0 atom stereocenters. The van der Waals surface area contributed by atoms with Gasteiger partial charge in [-0.05, 0) is 30.8 Å². The summed E-state index contributed by atoms with van der Waals surface area (Å²) in [7, 11) is 1.68. The third kappa shape index (κ3) is 3.24. The van der Waals surface area contributed by atoms with Gasteiger partial charge in [-0.1, -0.05) is 6.07 Å². The lowest BCUT2D eigenvalue weighted by Crippen LogP contribution is -2.09. The van der Waals surface area contributed by atoms with E-state index in [1.54, 1.807) is 13.3 Å². The van der Waals surface area contributed by atoms with Gasteiger partial charge in [-0.3, -0.25) is 10.1 Å². The van der Waals surface area contributed by atoms with Crippen LogP contribution in [0.1, 0.15) is 11.5 Å². The lowest BCUT2D eigenvalue weighted by Gasteiger charge is -2.05. The van der Waals surface area contributed by atoms with E-state index < -0.39 is 0 Å². The van der Waals surface area contributed by atoms with E-state index >= 15 is 0 Å². The molecule has 2 aromatic heterocycles. The van der Waals surface area contributed by atoms with Gasteiger partial charge in [0, 0.05) is 32.0 Å². The normalized spacial score (nSPS) is 10.7. The molecule has 2 aromatic rings. The summed E-state index contributed by atoms with van der Waals surface area (Å²) in [6, 6.07) is 5.92. The summed E-state index contributed by atoms with van der Waals surface area (Å²) in [5.74, 6) is 0.947. The number of pyridine rings is 1. The van der Waals surface area contributed by atoms with Gasteiger partial charge in [0.25, 0.3) is 0 Å². The molecule has 0 aromatic carbocycles. The average Bonchev–Trinajstić information content (AvgIpc) is 2.76. The lowest BCUT2D eigenvalue weighted by molar-refractivity contribution is 0.186. The predicted octanol–water partition coefficient (Wildman–Crippen LogP) is 1.77. The van der Waals surface area contributed by atoms with Crippen LogP contribution in [0.2, 0.25) is 0 Å². The lowest BCUT2D eigenvalue weighted by atomic mass is 10.2. The van der Waals surface area contributed by atoms with E-state index in [2.05, 4.69) is 15.2 Å². The van der Waals surface area contributed by atoms with Crippen LogP contribution in [0.5, 0.6) is 0 Å². The molecule has 0 aliphatic rings. The Bertz CT molecular complexity index is 535. The van der Waals surface area contributed by atoms with Gasteiger partial charge in [-0.2, -0.15) is 5.10 Å². The largest absolute Gasteiger partial charge is 0.383 e. The van der Waals surface area contributed by atoms with Crippen LogP contribution in [0.15, 0.2) is 24.4 Å². The number of methoxy groups -OCH3 is 1. The highest BCUT2D eigenvalue weighted by Crippen LogP contribution is 2.04. The molecule has 0 saturated carbocycles. The molecule has 0 saturated heterocycles. The average molecular weight is 264 g/mol. The molecule has 0 unspecified atom stereocenters. The van der Waals surface area contributed by atoms with Crippen LogP contribution in [0.25, 0.3) is 0 Å². The number of aryl methyl sites for hydroxylation is 2. The topological polar surface area (TPSA) is 55.7 Å². The minimum Gasteiger partial charge on any atom is -0.383 e. The highest BCUT2D eigenvalue weighted by atomic mass is 32.1. The van der Waals surface area contributed by atoms with E-state index in [1.165, 1.54) is 0 Å². The molecule has 1 N–H and O–H groups in total. The molecule has 6 heteroatoms. The number of hydrogen-bond donors (Lipinski definition) is 1. The second-order valence-electron chi connectivity index (χ2n) is 3.91. The zero-order valence-electron chi connectivity index (χ0n) is 10.3. The third-order valence-electron chi connectivity index (χ3n) is 2.69. The number of nitrogens with zero attached hydrogens (tertiary/aromatic N) is 3. The Balaban J connectivity index is 2.03. The van der Waals surface area contributed by atoms with Crippen LogP contribution < -0.4 is 0 Å². The molecule has 0 aliphatic carbocycles. The Hall–Kier alpha value is -1.53. The van der Waals surface area contributed by atoms with Gasteiger partial charge in [0.15, 0.2) is 4.77 Å². The van der Waals surface area contributed by atoms with Crippen molar-refractivity contribution < 1.29 is 4.74 Å². The fraction of sp³-hybridized carbons (Fsp3) is 0.417. The van der Waals surface area contributed by atoms with Crippen molar-refractivity contribution in [1.29, 1.82) is 0 Å². The Labute approximate surface area is 111 Å². The quantitative estimate of drug-likeness (QED) is 0.808. The molecule has 2 rings (SSSR count). The van der Waals surface area contributed by atoms with Gasteiger partial charge in [-0.25, -0.2) is 0 Å². The fourth-order valence-corrected chi connectivity index (χ4v) is 1.98. The van der Waals surface area contributed by atoms with Crippen LogP contribution in [-0.2, 0) is 24.1 Å². The van der Waals surface area contributed by atoms with Crippen LogP contribution in [0.3, 0.4) is 0 Å². The smallest absolute Gasteiger partial charge is 0.195 e. The Morgan fingerprint density at radius 1 is 1.39 bits per heavy atom. The Kier molecular flexibility index (Phi) is 4.60. The summed E-state index contributed by atoms with van der Waals surface area (Å²) in [6.45, 7) is 1.35. The van der Waals surface area contributed by atoms with E-state index in [4.69, 9.17) is 17.0 Å². The first-order chi connectivity index (χ1) is 8.81. The van der Waals surface area contributed by atoms with Crippen LogP contribution >= 0.6 is 12.2 Å². The zero-order valence-corrected chi connectivity index (χ0v) is 11.1. The van der Waals surface area contributed by atoms with E-state index in [1.807, 2.05) is 22.8 Å². The van der Waals surface area contributed by atoms with Crippen molar-refractivity contribution in [3.8, 4) is 0 Å². The van der Waals surface area contributed by atoms with Gasteiger partial charge < -0.3 is 9.30 Å². The molecule has 5 nitrogen and oxygen atoms in total. The summed E-state index contributed by atoms with van der Waals surface area (Å²) in [5.41, 5.74) is 1.06. The van der Waals surface area contributed by atoms with E-state index in [0.29, 0.717) is 11.4 Å². The van der Waals surface area contributed by atoms with Gasteiger partial charge in [0.2, 0.25) is 0 Å². The maximum Gasteiger partial charge on any atom is 0.195 e. The predicted molar refractivity (Wildman–Crippen MR) is 70.9 cm³/mol. The molecular weight excluding hydrogens is 248 g/mol. The van der Waals surface area contributed by atoms with Crippen molar-refractivity contribution in [1.82, 2.24) is 19.7 Å². The van der Waals surface area contributed by atoms with Crippen LogP contribution in [0.4, 0.5) is 0 Å². The summed E-state index contributed by atoms with van der Waals surface area (Å²) < 4.78 is 7.68. The van der Waals surface area contributed by atoms with Crippen molar-refractivity contribution in [3.63, 3.8) is 0 Å². The van der Waals surface area contributed by atoms with E-state index in [0.717, 1.165) is 30.9 Å². The number of nitrogens with one attached hydrogen (secondary N) is 1. The van der Waals surface area contributed by atoms with Gasteiger partial charge in [-0.15, -0.1) is 0 Å². The Morgan fingerprint density at radius 3 is 3.00 bits per heavy atom.